The van der Waals surface area contributed by atoms with E-state index in [9.17, 15) is 4.79 Å². The molecule has 0 bridgehead atoms. The Bertz CT molecular complexity index is 932. The van der Waals surface area contributed by atoms with E-state index in [1.807, 2.05) is 69.6 Å². The lowest BCUT2D eigenvalue weighted by atomic mass is 10.1. The lowest BCUT2D eigenvalue weighted by Crippen LogP contribution is -2.28. The van der Waals surface area contributed by atoms with Crippen LogP contribution < -0.4 is 9.64 Å². The van der Waals surface area contributed by atoms with Crippen molar-refractivity contribution in [3.05, 3.63) is 64.7 Å². The summed E-state index contributed by atoms with van der Waals surface area (Å²) in [6, 6.07) is 14.0. The number of carbonyl (C=O) groups is 1. The summed E-state index contributed by atoms with van der Waals surface area (Å²) in [6.07, 6.45) is 0.289. The molecule has 4 nitrogen and oxygen atoms in total. The maximum Gasteiger partial charge on any atom is 0.232 e. The van der Waals surface area contributed by atoms with Crippen LogP contribution in [0.2, 0.25) is 0 Å². The second-order valence-electron chi connectivity index (χ2n) is 6.52. The van der Waals surface area contributed by atoms with Crippen molar-refractivity contribution in [1.82, 2.24) is 4.98 Å². The number of ether oxygens (including phenoxy) is 1. The Morgan fingerprint density at radius 2 is 1.89 bits per heavy atom. The molecule has 1 amide bonds. The largest absolute Gasteiger partial charge is 0.494 e. The van der Waals surface area contributed by atoms with Gasteiger partial charge in [0.25, 0.3) is 0 Å². The van der Waals surface area contributed by atoms with Gasteiger partial charge in [0.15, 0.2) is 0 Å². The number of nitrogens with zero attached hydrogens (tertiary/aromatic N) is 2. The molecule has 0 unspecified atom stereocenters. The first-order valence-corrected chi connectivity index (χ1v) is 9.87. The fourth-order valence-electron chi connectivity index (χ4n) is 2.87. The van der Waals surface area contributed by atoms with Gasteiger partial charge in [-0.05, 0) is 62.2 Å². The van der Waals surface area contributed by atoms with Crippen LogP contribution in [0, 0.1) is 13.8 Å². The third kappa shape index (κ3) is 4.55. The normalized spacial score (nSPS) is 10.7. The van der Waals surface area contributed by atoms with E-state index < -0.39 is 0 Å². The van der Waals surface area contributed by atoms with Gasteiger partial charge in [0.1, 0.15) is 10.8 Å². The molecular formula is C22H24N2O2S. The number of aromatic nitrogens is 1. The van der Waals surface area contributed by atoms with E-state index >= 15 is 0 Å². The molecule has 0 aliphatic heterocycles. The number of likely N-dealkylation sites (N-methyl/N-ethyl adjacent to an activating group) is 1. The average Bonchev–Trinajstić information content (AvgIpc) is 3.12. The highest BCUT2D eigenvalue weighted by atomic mass is 32.1. The maximum atomic E-state index is 12.7. The Kier molecular flexibility index (Phi) is 5.91. The second kappa shape index (κ2) is 8.35. The van der Waals surface area contributed by atoms with Crippen LogP contribution in [0.5, 0.6) is 5.75 Å². The average molecular weight is 381 g/mol. The van der Waals surface area contributed by atoms with Gasteiger partial charge in [-0.3, -0.25) is 4.79 Å². The fraction of sp³-hybridized carbons (Fsp3) is 0.273. The Hall–Kier alpha value is -2.66. The first kappa shape index (κ1) is 19.1. The van der Waals surface area contributed by atoms with Crippen molar-refractivity contribution in [3.63, 3.8) is 0 Å². The van der Waals surface area contributed by atoms with Crippen molar-refractivity contribution in [1.29, 1.82) is 0 Å². The Morgan fingerprint density at radius 3 is 2.59 bits per heavy atom. The van der Waals surface area contributed by atoms with Crippen LogP contribution in [0.25, 0.3) is 10.6 Å². The summed E-state index contributed by atoms with van der Waals surface area (Å²) in [5.41, 5.74) is 5.00. The number of amides is 1. The molecule has 1 aromatic heterocycles. The highest BCUT2D eigenvalue weighted by molar-refractivity contribution is 7.13. The van der Waals surface area contributed by atoms with E-state index in [1.165, 1.54) is 0 Å². The molecule has 0 saturated carbocycles. The minimum absolute atomic E-state index is 0.0345. The van der Waals surface area contributed by atoms with Gasteiger partial charge in [0.2, 0.25) is 5.91 Å². The summed E-state index contributed by atoms with van der Waals surface area (Å²) in [5.74, 6) is 0.885. The van der Waals surface area contributed by atoms with Crippen molar-refractivity contribution in [2.45, 2.75) is 27.2 Å². The van der Waals surface area contributed by atoms with Crippen molar-refractivity contribution in [3.8, 4) is 16.3 Å². The van der Waals surface area contributed by atoms with E-state index in [0.29, 0.717) is 6.61 Å². The number of anilines is 1. The van der Waals surface area contributed by atoms with E-state index in [0.717, 1.165) is 38.8 Å². The van der Waals surface area contributed by atoms with Gasteiger partial charge in [-0.25, -0.2) is 4.98 Å². The molecule has 27 heavy (non-hydrogen) atoms. The topological polar surface area (TPSA) is 42.4 Å². The number of benzene rings is 2. The van der Waals surface area contributed by atoms with Crippen molar-refractivity contribution >= 4 is 22.9 Å². The fourth-order valence-corrected chi connectivity index (χ4v) is 3.70. The van der Waals surface area contributed by atoms with Crippen LogP contribution in [0.1, 0.15) is 23.7 Å². The standard InChI is InChI=1S/C22H24N2O2S/c1-5-26-19-10-8-17(9-11-19)22-23-18(14-27-22)13-21(25)24(4)20-12-15(2)6-7-16(20)3/h6-12,14H,5,13H2,1-4H3. The first-order valence-electron chi connectivity index (χ1n) is 8.99. The van der Waals surface area contributed by atoms with Gasteiger partial charge in [0, 0.05) is 23.7 Å². The Labute approximate surface area is 164 Å². The molecule has 0 fully saturated rings. The van der Waals surface area contributed by atoms with Gasteiger partial charge in [-0.2, -0.15) is 0 Å². The van der Waals surface area contributed by atoms with E-state index in [2.05, 4.69) is 11.1 Å². The van der Waals surface area contributed by atoms with Gasteiger partial charge in [0.05, 0.1) is 18.7 Å². The number of rotatable bonds is 6. The Morgan fingerprint density at radius 1 is 1.15 bits per heavy atom. The predicted molar refractivity (Wildman–Crippen MR) is 112 cm³/mol. The summed E-state index contributed by atoms with van der Waals surface area (Å²) in [4.78, 5) is 19.1. The van der Waals surface area contributed by atoms with Gasteiger partial charge < -0.3 is 9.64 Å². The van der Waals surface area contributed by atoms with Crippen molar-refractivity contribution in [2.75, 3.05) is 18.6 Å². The minimum Gasteiger partial charge on any atom is -0.494 e. The van der Waals surface area contributed by atoms with E-state index in [-0.39, 0.29) is 12.3 Å². The SMILES string of the molecule is CCOc1ccc(-c2nc(CC(=O)N(C)c3cc(C)ccc3C)cs2)cc1. The van der Waals surface area contributed by atoms with E-state index in [4.69, 9.17) is 4.74 Å². The van der Waals surface area contributed by atoms with Crippen LogP contribution in [0.3, 0.4) is 0 Å². The minimum atomic E-state index is 0.0345. The second-order valence-corrected chi connectivity index (χ2v) is 7.38. The molecule has 140 valence electrons. The third-order valence-electron chi connectivity index (χ3n) is 4.40. The summed E-state index contributed by atoms with van der Waals surface area (Å²) < 4.78 is 5.47. The number of hydrogen-bond acceptors (Lipinski definition) is 4. The quantitative estimate of drug-likeness (QED) is 0.602. The van der Waals surface area contributed by atoms with Gasteiger partial charge >= 0.3 is 0 Å². The lowest BCUT2D eigenvalue weighted by molar-refractivity contribution is -0.117. The van der Waals surface area contributed by atoms with Crippen molar-refractivity contribution < 1.29 is 9.53 Å². The van der Waals surface area contributed by atoms with Crippen LogP contribution in [-0.4, -0.2) is 24.5 Å². The van der Waals surface area contributed by atoms with Crippen LogP contribution in [0.4, 0.5) is 5.69 Å². The summed E-state index contributed by atoms with van der Waals surface area (Å²) in [7, 11) is 1.82. The summed E-state index contributed by atoms with van der Waals surface area (Å²) >= 11 is 1.55. The molecule has 0 atom stereocenters. The smallest absolute Gasteiger partial charge is 0.232 e. The maximum absolute atomic E-state index is 12.7. The molecule has 1 heterocycles. The van der Waals surface area contributed by atoms with Crippen LogP contribution in [-0.2, 0) is 11.2 Å². The number of hydrogen-bond donors (Lipinski definition) is 0. The lowest BCUT2D eigenvalue weighted by Gasteiger charge is -2.19. The highest BCUT2D eigenvalue weighted by Gasteiger charge is 2.16. The molecule has 0 spiro atoms. The summed E-state index contributed by atoms with van der Waals surface area (Å²) in [6.45, 7) is 6.67. The molecule has 0 aliphatic rings. The summed E-state index contributed by atoms with van der Waals surface area (Å²) in [5, 5.41) is 2.87. The van der Waals surface area contributed by atoms with Gasteiger partial charge in [-0.1, -0.05) is 12.1 Å². The van der Waals surface area contributed by atoms with Gasteiger partial charge in [-0.15, -0.1) is 11.3 Å². The molecule has 5 heteroatoms. The molecule has 0 N–H and O–H groups in total. The number of carbonyl (C=O) groups excluding carboxylic acids is 1. The molecule has 2 aromatic carbocycles. The molecule has 3 rings (SSSR count). The van der Waals surface area contributed by atoms with Crippen molar-refractivity contribution in [2.24, 2.45) is 0 Å². The van der Waals surface area contributed by atoms with E-state index in [1.54, 1.807) is 16.2 Å². The number of aryl methyl sites for hydroxylation is 2. The third-order valence-corrected chi connectivity index (χ3v) is 5.34. The zero-order chi connectivity index (χ0) is 19.4. The monoisotopic (exact) mass is 380 g/mol. The predicted octanol–water partition coefficient (Wildman–Crippen LogP) is 5.03. The van der Waals surface area contributed by atoms with Crippen LogP contribution in [0.15, 0.2) is 47.8 Å². The molecule has 0 aliphatic carbocycles. The van der Waals surface area contributed by atoms with Crippen LogP contribution >= 0.6 is 11.3 Å². The molecule has 0 saturated heterocycles. The Balaban J connectivity index is 1.71. The zero-order valence-electron chi connectivity index (χ0n) is 16.2. The first-order chi connectivity index (χ1) is 13.0. The zero-order valence-corrected chi connectivity index (χ0v) is 17.0. The molecule has 0 radical (unpaired) electrons. The highest BCUT2D eigenvalue weighted by Crippen LogP contribution is 2.27. The molecular weight excluding hydrogens is 356 g/mol. The number of thiazole rings is 1. The molecule has 3 aromatic rings.